The number of aryl methyl sites for hydroxylation is 1. The first-order chi connectivity index (χ1) is 15.9. The zero-order valence-corrected chi connectivity index (χ0v) is 20.0. The van der Waals surface area contributed by atoms with Crippen molar-refractivity contribution in [2.75, 3.05) is 50.0 Å². The minimum atomic E-state index is -3.93. The van der Waals surface area contributed by atoms with Crippen molar-refractivity contribution in [3.8, 4) is 0 Å². The molecule has 0 radical (unpaired) electrons. The van der Waals surface area contributed by atoms with Gasteiger partial charge in [0.25, 0.3) is 0 Å². The number of nitrogens with zero attached hydrogens (tertiary/aromatic N) is 3. The molecule has 176 valence electrons. The maximum atomic E-state index is 13.3. The number of morpholine rings is 1. The van der Waals surface area contributed by atoms with Gasteiger partial charge in [0.1, 0.15) is 11.6 Å². The van der Waals surface area contributed by atoms with E-state index in [1.165, 1.54) is 33.9 Å². The molecule has 0 bridgehead atoms. The molecule has 0 N–H and O–H groups in total. The van der Waals surface area contributed by atoms with Crippen molar-refractivity contribution in [1.29, 1.82) is 0 Å². The van der Waals surface area contributed by atoms with Crippen LogP contribution in [0.4, 0.5) is 9.52 Å². The number of ether oxygens (including phenoxy) is 1. The molecule has 10 heteroatoms. The Balaban J connectivity index is 1.60. The molecule has 0 saturated carbocycles. The second kappa shape index (κ2) is 10.3. The lowest BCUT2D eigenvalue weighted by atomic mass is 10.2. The zero-order valence-electron chi connectivity index (χ0n) is 18.4. The number of carbonyl (C=O) groups excluding carboxylic acids is 1. The van der Waals surface area contributed by atoms with E-state index < -0.39 is 27.3 Å². The molecule has 3 aromatic rings. The molecule has 0 aliphatic carbocycles. The van der Waals surface area contributed by atoms with Crippen LogP contribution in [0.1, 0.15) is 12.5 Å². The van der Waals surface area contributed by atoms with Gasteiger partial charge in [0, 0.05) is 26.2 Å². The normalized spacial score (nSPS) is 15.1. The minimum Gasteiger partial charge on any atom is -0.379 e. The van der Waals surface area contributed by atoms with Crippen LogP contribution in [0.5, 0.6) is 0 Å². The summed E-state index contributed by atoms with van der Waals surface area (Å²) < 4.78 is 45.2. The largest absolute Gasteiger partial charge is 0.379 e. The molecule has 1 amide bonds. The molecule has 1 saturated heterocycles. The van der Waals surface area contributed by atoms with Gasteiger partial charge in [0.15, 0.2) is 15.0 Å². The Kier molecular flexibility index (Phi) is 7.38. The number of anilines is 1. The number of carbonyl (C=O) groups is 1. The van der Waals surface area contributed by atoms with Crippen LogP contribution in [0.2, 0.25) is 0 Å². The Morgan fingerprint density at radius 2 is 1.91 bits per heavy atom. The van der Waals surface area contributed by atoms with Gasteiger partial charge < -0.3 is 4.74 Å². The number of amides is 1. The smallest absolute Gasteiger partial charge is 0.244 e. The Bertz CT molecular complexity index is 1220. The average Bonchev–Trinajstić information content (AvgIpc) is 3.22. The summed E-state index contributed by atoms with van der Waals surface area (Å²) in [6, 6.07) is 10.5. The number of benzene rings is 2. The number of rotatable bonds is 8. The fraction of sp³-hybridized carbons (Fsp3) is 0.391. The highest BCUT2D eigenvalue weighted by Crippen LogP contribution is 2.30. The lowest BCUT2D eigenvalue weighted by molar-refractivity contribution is -0.116. The van der Waals surface area contributed by atoms with Crippen LogP contribution in [0.3, 0.4) is 0 Å². The SMILES string of the molecule is CCc1ccc2nc(N(CCN3CCOCC3)C(=O)CS(=O)(=O)c3ccc(F)cc3)sc2c1. The van der Waals surface area contributed by atoms with Crippen LogP contribution >= 0.6 is 11.3 Å². The maximum Gasteiger partial charge on any atom is 0.244 e. The molecule has 1 fully saturated rings. The Hall–Kier alpha value is -2.40. The number of thiazole rings is 1. The molecule has 0 unspecified atom stereocenters. The van der Waals surface area contributed by atoms with E-state index in [1.807, 2.05) is 12.1 Å². The van der Waals surface area contributed by atoms with E-state index in [2.05, 4.69) is 22.9 Å². The lowest BCUT2D eigenvalue weighted by Crippen LogP contribution is -2.44. The molecular formula is C23H26FN3O4S2. The van der Waals surface area contributed by atoms with Crippen LogP contribution in [-0.4, -0.2) is 69.4 Å². The van der Waals surface area contributed by atoms with Crippen LogP contribution in [-0.2, 0) is 25.8 Å². The van der Waals surface area contributed by atoms with Crippen molar-refractivity contribution in [2.24, 2.45) is 0 Å². The molecule has 1 aliphatic rings. The van der Waals surface area contributed by atoms with Gasteiger partial charge in [-0.05, 0) is 48.4 Å². The molecular weight excluding hydrogens is 465 g/mol. The molecule has 1 aromatic heterocycles. The summed E-state index contributed by atoms with van der Waals surface area (Å²) in [6.45, 7) is 5.76. The number of hydrogen-bond acceptors (Lipinski definition) is 7. The van der Waals surface area contributed by atoms with Crippen molar-refractivity contribution in [2.45, 2.75) is 18.2 Å². The molecule has 2 aromatic carbocycles. The molecule has 0 atom stereocenters. The highest BCUT2D eigenvalue weighted by atomic mass is 32.2. The van der Waals surface area contributed by atoms with E-state index >= 15 is 0 Å². The van der Waals surface area contributed by atoms with E-state index in [0.717, 1.165) is 41.9 Å². The predicted octanol–water partition coefficient (Wildman–Crippen LogP) is 3.14. The van der Waals surface area contributed by atoms with Gasteiger partial charge in [-0.25, -0.2) is 17.8 Å². The Morgan fingerprint density at radius 3 is 2.61 bits per heavy atom. The molecule has 33 heavy (non-hydrogen) atoms. The summed E-state index contributed by atoms with van der Waals surface area (Å²) >= 11 is 1.38. The first-order valence-corrected chi connectivity index (χ1v) is 13.3. The summed E-state index contributed by atoms with van der Waals surface area (Å²) in [5, 5.41) is 0.478. The number of fused-ring (bicyclic) bond motifs is 1. The van der Waals surface area contributed by atoms with E-state index in [9.17, 15) is 17.6 Å². The van der Waals surface area contributed by atoms with Gasteiger partial charge in [-0.15, -0.1) is 0 Å². The summed E-state index contributed by atoms with van der Waals surface area (Å²) in [7, 11) is -3.93. The monoisotopic (exact) mass is 491 g/mol. The van der Waals surface area contributed by atoms with E-state index in [1.54, 1.807) is 0 Å². The lowest BCUT2D eigenvalue weighted by Gasteiger charge is -2.29. The van der Waals surface area contributed by atoms with Crippen molar-refractivity contribution < 1.29 is 22.3 Å². The van der Waals surface area contributed by atoms with Crippen molar-refractivity contribution in [3.05, 3.63) is 53.8 Å². The fourth-order valence-corrected chi connectivity index (χ4v) is 5.92. The second-order valence-corrected chi connectivity index (χ2v) is 10.9. The number of halogens is 1. The molecule has 2 heterocycles. The summed E-state index contributed by atoms with van der Waals surface area (Å²) in [5.41, 5.74) is 1.94. The first-order valence-electron chi connectivity index (χ1n) is 10.8. The Morgan fingerprint density at radius 1 is 1.18 bits per heavy atom. The summed E-state index contributed by atoms with van der Waals surface area (Å²) in [4.78, 5) is 21.5. The van der Waals surface area contributed by atoms with Crippen molar-refractivity contribution in [1.82, 2.24) is 9.88 Å². The van der Waals surface area contributed by atoms with Crippen LogP contribution < -0.4 is 4.90 Å². The summed E-state index contributed by atoms with van der Waals surface area (Å²) in [5.74, 6) is -1.80. The van der Waals surface area contributed by atoms with Gasteiger partial charge in [-0.2, -0.15) is 0 Å². The van der Waals surface area contributed by atoms with Crippen LogP contribution in [0.15, 0.2) is 47.4 Å². The molecule has 0 spiro atoms. The first kappa shape index (κ1) is 23.7. The van der Waals surface area contributed by atoms with Crippen molar-refractivity contribution in [3.63, 3.8) is 0 Å². The highest BCUT2D eigenvalue weighted by molar-refractivity contribution is 7.92. The Labute approximate surface area is 196 Å². The zero-order chi connectivity index (χ0) is 23.4. The van der Waals surface area contributed by atoms with Crippen molar-refractivity contribution >= 4 is 42.4 Å². The topological polar surface area (TPSA) is 79.8 Å². The van der Waals surface area contributed by atoms with Gasteiger partial charge in [-0.1, -0.05) is 24.3 Å². The van der Waals surface area contributed by atoms with Gasteiger partial charge in [-0.3, -0.25) is 14.6 Å². The standard InChI is InChI=1S/C23H26FN3O4S2/c1-2-17-3-8-20-21(15-17)32-23(25-20)27(10-9-26-11-13-31-14-12-26)22(28)16-33(29,30)19-6-4-18(24)5-7-19/h3-8,15H,2,9-14,16H2,1H3. The van der Waals surface area contributed by atoms with E-state index in [4.69, 9.17) is 4.74 Å². The third-order valence-electron chi connectivity index (χ3n) is 5.61. The van der Waals surface area contributed by atoms with E-state index in [-0.39, 0.29) is 4.90 Å². The molecule has 7 nitrogen and oxygen atoms in total. The number of sulfone groups is 1. The number of hydrogen-bond donors (Lipinski definition) is 0. The quantitative estimate of drug-likeness (QED) is 0.451. The second-order valence-electron chi connectivity index (χ2n) is 7.86. The van der Waals surface area contributed by atoms with Gasteiger partial charge in [0.05, 0.1) is 28.3 Å². The van der Waals surface area contributed by atoms with Crippen LogP contribution in [0, 0.1) is 5.82 Å². The average molecular weight is 492 g/mol. The molecule has 1 aliphatic heterocycles. The van der Waals surface area contributed by atoms with E-state index in [0.29, 0.717) is 31.4 Å². The third kappa shape index (κ3) is 5.75. The number of aromatic nitrogens is 1. The summed E-state index contributed by atoms with van der Waals surface area (Å²) in [6.07, 6.45) is 0.888. The van der Waals surface area contributed by atoms with Crippen LogP contribution in [0.25, 0.3) is 10.2 Å². The fourth-order valence-electron chi connectivity index (χ4n) is 3.65. The predicted molar refractivity (Wildman–Crippen MR) is 127 cm³/mol. The third-order valence-corrected chi connectivity index (χ3v) is 8.27. The minimum absolute atomic E-state index is 0.0812. The van der Waals surface area contributed by atoms with Gasteiger partial charge in [0.2, 0.25) is 5.91 Å². The highest BCUT2D eigenvalue weighted by Gasteiger charge is 2.27. The van der Waals surface area contributed by atoms with Gasteiger partial charge >= 0.3 is 0 Å². The maximum absolute atomic E-state index is 13.3. The molecule has 4 rings (SSSR count).